The quantitative estimate of drug-likeness (QED) is 0.762. The summed E-state index contributed by atoms with van der Waals surface area (Å²) in [6, 6.07) is 0.767. The van der Waals surface area contributed by atoms with Gasteiger partial charge in [-0.1, -0.05) is 0 Å². The van der Waals surface area contributed by atoms with Crippen LogP contribution < -0.4 is 5.46 Å². The second-order valence-electron chi connectivity index (χ2n) is 7.91. The van der Waals surface area contributed by atoms with E-state index in [1.54, 1.807) is 27.7 Å². The minimum atomic E-state index is -4.89. The van der Waals surface area contributed by atoms with Crippen LogP contribution in [0, 0.1) is 0 Å². The minimum absolute atomic E-state index is 0.0125. The average Bonchev–Trinajstić information content (AvgIpc) is 2.72. The molecule has 1 N–H and O–H groups in total. The Morgan fingerprint density at radius 3 is 2.04 bits per heavy atom. The van der Waals surface area contributed by atoms with Crippen LogP contribution in [-0.2, 0) is 30.1 Å². The van der Waals surface area contributed by atoms with Crippen LogP contribution in [0.3, 0.4) is 0 Å². The Morgan fingerprint density at radius 1 is 1.19 bits per heavy atom. The molecule has 1 aromatic rings. The van der Waals surface area contributed by atoms with Gasteiger partial charge in [0.1, 0.15) is 4.75 Å². The van der Waals surface area contributed by atoms with Gasteiger partial charge in [0, 0.05) is 17.9 Å². The normalized spacial score (nSPS) is 21.9. The van der Waals surface area contributed by atoms with Crippen LogP contribution in [-0.4, -0.2) is 49.7 Å². The summed E-state index contributed by atoms with van der Waals surface area (Å²) in [6.45, 7) is 6.99. The molecule has 1 aromatic heterocycles. The third kappa shape index (κ3) is 3.74. The Hall–Kier alpha value is -1.17. The fourth-order valence-electron chi connectivity index (χ4n) is 2.59. The van der Waals surface area contributed by atoms with Crippen molar-refractivity contribution in [2.24, 2.45) is 0 Å². The van der Waals surface area contributed by atoms with E-state index in [1.165, 1.54) is 0 Å². The van der Waals surface area contributed by atoms with Gasteiger partial charge >= 0.3 is 13.3 Å². The van der Waals surface area contributed by atoms with Crippen molar-refractivity contribution >= 4 is 22.4 Å². The van der Waals surface area contributed by atoms with E-state index in [4.69, 9.17) is 9.31 Å². The van der Waals surface area contributed by atoms with Crippen LogP contribution in [0.5, 0.6) is 0 Å². The van der Waals surface area contributed by atoms with Gasteiger partial charge in [-0.25, -0.2) is 8.42 Å². The SMILES string of the molecule is CC1(C)OB(c2cnc(C(C)(CO)S(C)(=O)=O)c(C(F)(F)F)c2)OC1(C)C. The zero-order chi connectivity index (χ0) is 21.1. The summed E-state index contributed by atoms with van der Waals surface area (Å²) in [4.78, 5) is 3.78. The largest absolute Gasteiger partial charge is 0.496 e. The number of aliphatic hydroxyl groups excluding tert-OH is 1. The van der Waals surface area contributed by atoms with E-state index in [1.807, 2.05) is 0 Å². The van der Waals surface area contributed by atoms with Crippen molar-refractivity contribution in [3.8, 4) is 0 Å². The lowest BCUT2D eigenvalue weighted by atomic mass is 9.79. The van der Waals surface area contributed by atoms with Crippen molar-refractivity contribution < 1.29 is 36.0 Å². The topological polar surface area (TPSA) is 85.7 Å². The summed E-state index contributed by atoms with van der Waals surface area (Å²) >= 11 is 0. The Kier molecular flexibility index (Phi) is 5.27. The van der Waals surface area contributed by atoms with Gasteiger partial charge in [0.15, 0.2) is 9.84 Å². The summed E-state index contributed by atoms with van der Waals surface area (Å²) in [5.41, 5.74) is -3.53. The molecule has 1 aliphatic heterocycles. The number of hydrogen-bond acceptors (Lipinski definition) is 6. The predicted octanol–water partition coefficient (Wildman–Crippen LogP) is 1.65. The highest BCUT2D eigenvalue weighted by atomic mass is 32.2. The molecule has 11 heteroatoms. The summed E-state index contributed by atoms with van der Waals surface area (Å²) in [5.74, 6) is 0. The molecule has 2 rings (SSSR count). The van der Waals surface area contributed by atoms with Crippen LogP contribution in [0.1, 0.15) is 45.9 Å². The first-order valence-electron chi connectivity index (χ1n) is 8.20. The Labute approximate surface area is 157 Å². The molecule has 1 fully saturated rings. The number of rotatable bonds is 4. The Bertz CT molecular complexity index is 825. The fraction of sp³-hybridized carbons (Fsp3) is 0.688. The number of pyridine rings is 1. The Morgan fingerprint density at radius 2 is 1.67 bits per heavy atom. The van der Waals surface area contributed by atoms with E-state index >= 15 is 0 Å². The van der Waals surface area contributed by atoms with Crippen molar-refractivity contribution in [1.29, 1.82) is 0 Å². The standard InChI is InChI=1S/C16H23BF3NO5S/c1-13(2)14(3,4)26-17(25-13)10-7-11(16(18,19)20)12(21-8-10)15(5,9-22)27(6,23)24/h7-8,22H,9H2,1-6H3. The highest BCUT2D eigenvalue weighted by molar-refractivity contribution is 7.91. The molecule has 1 atom stereocenters. The third-order valence-corrected chi connectivity index (χ3v) is 7.32. The number of aliphatic hydroxyl groups is 1. The van der Waals surface area contributed by atoms with Gasteiger partial charge < -0.3 is 14.4 Å². The first-order valence-corrected chi connectivity index (χ1v) is 10.1. The zero-order valence-electron chi connectivity index (χ0n) is 16.0. The molecule has 0 saturated carbocycles. The first kappa shape index (κ1) is 22.1. The van der Waals surface area contributed by atoms with Gasteiger partial charge in [-0.2, -0.15) is 13.2 Å². The molecule has 0 amide bonds. The Balaban J connectivity index is 2.63. The molecule has 2 heterocycles. The van der Waals surface area contributed by atoms with E-state index < -0.39 is 56.9 Å². The lowest BCUT2D eigenvalue weighted by Gasteiger charge is -2.32. The van der Waals surface area contributed by atoms with Crippen molar-refractivity contribution in [3.63, 3.8) is 0 Å². The van der Waals surface area contributed by atoms with Crippen LogP contribution in [0.25, 0.3) is 0 Å². The van der Waals surface area contributed by atoms with Crippen molar-refractivity contribution in [3.05, 3.63) is 23.5 Å². The minimum Gasteiger partial charge on any atom is -0.399 e. The van der Waals surface area contributed by atoms with Crippen LogP contribution in [0.15, 0.2) is 12.3 Å². The maximum Gasteiger partial charge on any atom is 0.496 e. The lowest BCUT2D eigenvalue weighted by molar-refractivity contribution is -0.138. The lowest BCUT2D eigenvalue weighted by Crippen LogP contribution is -2.41. The number of alkyl halides is 3. The zero-order valence-corrected chi connectivity index (χ0v) is 16.8. The van der Waals surface area contributed by atoms with Crippen LogP contribution >= 0.6 is 0 Å². The predicted molar refractivity (Wildman–Crippen MR) is 94.2 cm³/mol. The van der Waals surface area contributed by atoms with Gasteiger partial charge in [-0.15, -0.1) is 0 Å². The molecule has 1 unspecified atom stereocenters. The summed E-state index contributed by atoms with van der Waals surface area (Å²) < 4.78 is 74.4. The highest BCUT2D eigenvalue weighted by Crippen LogP contribution is 2.40. The van der Waals surface area contributed by atoms with Gasteiger partial charge in [-0.3, -0.25) is 4.98 Å². The smallest absolute Gasteiger partial charge is 0.399 e. The molecule has 0 radical (unpaired) electrons. The second-order valence-corrected chi connectivity index (χ2v) is 10.4. The second kappa shape index (κ2) is 6.43. The van der Waals surface area contributed by atoms with Crippen molar-refractivity contribution in [2.75, 3.05) is 12.9 Å². The summed E-state index contributed by atoms with van der Waals surface area (Å²) in [7, 11) is -5.18. The van der Waals surface area contributed by atoms with Crippen molar-refractivity contribution in [1.82, 2.24) is 4.98 Å². The van der Waals surface area contributed by atoms with Crippen molar-refractivity contribution in [2.45, 2.75) is 56.7 Å². The maximum atomic E-state index is 13.7. The van der Waals surface area contributed by atoms with Gasteiger partial charge in [0.25, 0.3) is 0 Å². The van der Waals surface area contributed by atoms with E-state index in [0.717, 1.165) is 25.4 Å². The van der Waals surface area contributed by atoms with Gasteiger partial charge in [0.2, 0.25) is 0 Å². The molecule has 1 saturated heterocycles. The van der Waals surface area contributed by atoms with Crippen LogP contribution in [0.4, 0.5) is 13.2 Å². The summed E-state index contributed by atoms with van der Waals surface area (Å²) in [5, 5.41) is 9.55. The molecule has 0 bridgehead atoms. The van der Waals surface area contributed by atoms with Gasteiger partial charge in [0.05, 0.1) is 29.1 Å². The molecule has 6 nitrogen and oxygen atoms in total. The molecule has 27 heavy (non-hydrogen) atoms. The molecular weight excluding hydrogens is 386 g/mol. The van der Waals surface area contributed by atoms with E-state index in [0.29, 0.717) is 0 Å². The van der Waals surface area contributed by atoms with Crippen LogP contribution in [0.2, 0.25) is 0 Å². The molecule has 0 spiro atoms. The van der Waals surface area contributed by atoms with Gasteiger partial charge in [-0.05, 0) is 40.7 Å². The number of aromatic nitrogens is 1. The molecule has 0 aromatic carbocycles. The van der Waals surface area contributed by atoms with E-state index in [9.17, 15) is 26.7 Å². The third-order valence-electron chi connectivity index (χ3n) is 5.36. The number of nitrogens with zero attached hydrogens (tertiary/aromatic N) is 1. The monoisotopic (exact) mass is 409 g/mol. The van der Waals surface area contributed by atoms with E-state index in [-0.39, 0.29) is 5.46 Å². The fourth-order valence-corrected chi connectivity index (χ4v) is 3.34. The molecule has 1 aliphatic rings. The number of hydrogen-bond donors (Lipinski definition) is 1. The number of halogens is 3. The molecular formula is C16H23BF3NO5S. The first-order chi connectivity index (χ1) is 12.0. The highest BCUT2D eigenvalue weighted by Gasteiger charge is 2.53. The maximum absolute atomic E-state index is 13.7. The number of sulfone groups is 1. The molecule has 152 valence electrons. The average molecular weight is 409 g/mol. The molecule has 0 aliphatic carbocycles. The summed E-state index contributed by atoms with van der Waals surface area (Å²) in [6.07, 6.45) is -3.04. The van der Waals surface area contributed by atoms with E-state index in [2.05, 4.69) is 4.98 Å².